The lowest BCUT2D eigenvalue weighted by Crippen LogP contribution is -1.90. The summed E-state index contributed by atoms with van der Waals surface area (Å²) in [5, 5.41) is 1.33. The highest BCUT2D eigenvalue weighted by Crippen LogP contribution is 2.40. The Labute approximate surface area is 152 Å². The van der Waals surface area contributed by atoms with Crippen LogP contribution in [0.3, 0.4) is 0 Å². The number of fused-ring (bicyclic) bond motifs is 1. The molecule has 0 atom stereocenters. The van der Waals surface area contributed by atoms with E-state index in [-0.39, 0.29) is 0 Å². The molecule has 1 aliphatic carbocycles. The molecule has 4 rings (SSSR count). The number of hydrogen-bond acceptors (Lipinski definition) is 0. The van der Waals surface area contributed by atoms with Crippen LogP contribution in [0.15, 0.2) is 66.2 Å². The normalized spacial score (nSPS) is 12.9. The Hall–Kier alpha value is -2.02. The van der Waals surface area contributed by atoms with Gasteiger partial charge in [0.15, 0.2) is 0 Å². The van der Waals surface area contributed by atoms with Crippen molar-refractivity contribution in [2.45, 2.75) is 13.3 Å². The Morgan fingerprint density at radius 2 is 1.46 bits per heavy atom. The second kappa shape index (κ2) is 6.12. The maximum Gasteiger partial charge on any atom is 0.0499 e. The molecule has 0 amide bonds. The predicted molar refractivity (Wildman–Crippen MR) is 105 cm³/mol. The molecule has 3 aromatic rings. The molecule has 0 fully saturated rings. The van der Waals surface area contributed by atoms with Crippen molar-refractivity contribution in [1.82, 2.24) is 0 Å². The highest BCUT2D eigenvalue weighted by molar-refractivity contribution is 6.36. The van der Waals surface area contributed by atoms with E-state index in [9.17, 15) is 0 Å². The van der Waals surface area contributed by atoms with Crippen LogP contribution in [0.2, 0.25) is 10.0 Å². The minimum atomic E-state index is 0.653. The largest absolute Gasteiger partial charge is 0.0843 e. The lowest BCUT2D eigenvalue weighted by Gasteiger charge is -2.14. The van der Waals surface area contributed by atoms with E-state index < -0.39 is 0 Å². The zero-order chi connectivity index (χ0) is 16.7. The fourth-order valence-electron chi connectivity index (χ4n) is 3.43. The first kappa shape index (κ1) is 15.5. The molecule has 24 heavy (non-hydrogen) atoms. The zero-order valence-corrected chi connectivity index (χ0v) is 14.8. The van der Waals surface area contributed by atoms with Gasteiger partial charge >= 0.3 is 0 Å². The van der Waals surface area contributed by atoms with Gasteiger partial charge < -0.3 is 0 Å². The van der Waals surface area contributed by atoms with E-state index in [2.05, 4.69) is 49.4 Å². The van der Waals surface area contributed by atoms with Gasteiger partial charge in [-0.1, -0.05) is 83.4 Å². The van der Waals surface area contributed by atoms with Crippen LogP contribution in [-0.2, 0) is 6.42 Å². The zero-order valence-electron chi connectivity index (χ0n) is 13.3. The molecule has 0 saturated carbocycles. The van der Waals surface area contributed by atoms with E-state index in [0.717, 1.165) is 17.5 Å². The van der Waals surface area contributed by atoms with Gasteiger partial charge in [0.1, 0.15) is 0 Å². The quantitative estimate of drug-likeness (QED) is 0.455. The minimum Gasteiger partial charge on any atom is -0.0843 e. The molecule has 2 heteroatoms. The third kappa shape index (κ3) is 2.66. The van der Waals surface area contributed by atoms with Gasteiger partial charge in [-0.3, -0.25) is 0 Å². The smallest absolute Gasteiger partial charge is 0.0499 e. The molecule has 118 valence electrons. The lowest BCUT2D eigenvalue weighted by atomic mass is 9.91. The van der Waals surface area contributed by atoms with Crippen molar-refractivity contribution in [3.05, 3.63) is 87.4 Å². The van der Waals surface area contributed by atoms with Gasteiger partial charge in [0.2, 0.25) is 0 Å². The Morgan fingerprint density at radius 1 is 0.750 bits per heavy atom. The lowest BCUT2D eigenvalue weighted by molar-refractivity contribution is 1.20. The van der Waals surface area contributed by atoms with Crippen LogP contribution in [0.25, 0.3) is 28.3 Å². The molecule has 0 unspecified atom stereocenters. The number of hydrogen-bond donors (Lipinski definition) is 0. The first-order chi connectivity index (χ1) is 11.6. The molecule has 0 bridgehead atoms. The van der Waals surface area contributed by atoms with Gasteiger partial charge in [-0.15, -0.1) is 0 Å². The Balaban J connectivity index is 1.95. The summed E-state index contributed by atoms with van der Waals surface area (Å²) >= 11 is 12.5. The van der Waals surface area contributed by atoms with E-state index in [1.165, 1.54) is 27.8 Å². The Morgan fingerprint density at radius 3 is 2.21 bits per heavy atom. The summed E-state index contributed by atoms with van der Waals surface area (Å²) in [5.41, 5.74) is 8.71. The molecule has 0 aliphatic heterocycles. The molecular weight excluding hydrogens is 335 g/mol. The van der Waals surface area contributed by atoms with Crippen LogP contribution >= 0.6 is 23.2 Å². The van der Waals surface area contributed by atoms with Gasteiger partial charge in [-0.25, -0.2) is 0 Å². The molecular formula is C22H16Cl2. The molecule has 0 heterocycles. The molecule has 0 nitrogen and oxygen atoms in total. The number of halogens is 2. The summed E-state index contributed by atoms with van der Waals surface area (Å²) < 4.78 is 0. The molecule has 3 aromatic carbocycles. The summed E-state index contributed by atoms with van der Waals surface area (Å²) in [6.45, 7) is 2.19. The summed E-state index contributed by atoms with van der Waals surface area (Å²) in [5.74, 6) is 0. The SMILES string of the molecule is CC1=Cc2c(cccc2-c2ccccc2-c2ccc(Cl)cc2Cl)C1. The van der Waals surface area contributed by atoms with Gasteiger partial charge in [-0.2, -0.15) is 0 Å². The average Bonchev–Trinajstić information content (AvgIpc) is 2.95. The maximum absolute atomic E-state index is 6.47. The van der Waals surface area contributed by atoms with Gasteiger partial charge in [0, 0.05) is 15.6 Å². The topological polar surface area (TPSA) is 0 Å². The molecule has 0 N–H and O–H groups in total. The number of benzene rings is 3. The number of allylic oxidation sites excluding steroid dienone is 1. The second-order valence-electron chi connectivity index (χ2n) is 6.22. The highest BCUT2D eigenvalue weighted by atomic mass is 35.5. The van der Waals surface area contributed by atoms with E-state index in [0.29, 0.717) is 10.0 Å². The van der Waals surface area contributed by atoms with Crippen LogP contribution in [-0.4, -0.2) is 0 Å². The first-order valence-electron chi connectivity index (χ1n) is 7.97. The average molecular weight is 351 g/mol. The highest BCUT2D eigenvalue weighted by Gasteiger charge is 2.17. The van der Waals surface area contributed by atoms with E-state index in [1.807, 2.05) is 18.2 Å². The maximum atomic E-state index is 6.47. The summed E-state index contributed by atoms with van der Waals surface area (Å²) in [6, 6.07) is 20.6. The van der Waals surface area contributed by atoms with Crippen LogP contribution in [0.1, 0.15) is 18.1 Å². The summed E-state index contributed by atoms with van der Waals surface area (Å²) in [7, 11) is 0. The van der Waals surface area contributed by atoms with E-state index in [1.54, 1.807) is 6.07 Å². The van der Waals surface area contributed by atoms with Gasteiger partial charge in [0.25, 0.3) is 0 Å². The molecule has 0 radical (unpaired) electrons. The van der Waals surface area contributed by atoms with Crippen molar-refractivity contribution in [3.63, 3.8) is 0 Å². The first-order valence-corrected chi connectivity index (χ1v) is 8.73. The standard InChI is InChI=1S/C22H16Cl2/c1-14-11-15-5-4-8-19(21(15)12-14)17-6-2-3-7-18(17)20-10-9-16(23)13-22(20)24/h2-10,12-13H,11H2,1H3. The minimum absolute atomic E-state index is 0.653. The fourth-order valence-corrected chi connectivity index (χ4v) is 3.94. The molecule has 0 spiro atoms. The van der Waals surface area contributed by atoms with E-state index in [4.69, 9.17) is 23.2 Å². The van der Waals surface area contributed by atoms with Gasteiger partial charge in [-0.05, 0) is 53.3 Å². The Kier molecular flexibility index (Phi) is 3.96. The second-order valence-corrected chi connectivity index (χ2v) is 7.06. The van der Waals surface area contributed by atoms with Crippen molar-refractivity contribution in [3.8, 4) is 22.3 Å². The molecule has 0 saturated heterocycles. The fraction of sp³-hybridized carbons (Fsp3) is 0.0909. The predicted octanol–water partition coefficient (Wildman–Crippen LogP) is 7.29. The van der Waals surface area contributed by atoms with Crippen molar-refractivity contribution in [2.24, 2.45) is 0 Å². The van der Waals surface area contributed by atoms with Crippen LogP contribution in [0.4, 0.5) is 0 Å². The van der Waals surface area contributed by atoms with Crippen LogP contribution in [0.5, 0.6) is 0 Å². The van der Waals surface area contributed by atoms with Crippen molar-refractivity contribution in [1.29, 1.82) is 0 Å². The van der Waals surface area contributed by atoms with Crippen LogP contribution in [0, 0.1) is 0 Å². The van der Waals surface area contributed by atoms with Crippen LogP contribution < -0.4 is 0 Å². The van der Waals surface area contributed by atoms with Gasteiger partial charge in [0.05, 0.1) is 0 Å². The Bertz CT molecular complexity index is 967. The molecule has 0 aromatic heterocycles. The van der Waals surface area contributed by atoms with Crippen molar-refractivity contribution < 1.29 is 0 Å². The van der Waals surface area contributed by atoms with Crippen molar-refractivity contribution in [2.75, 3.05) is 0 Å². The van der Waals surface area contributed by atoms with Crippen molar-refractivity contribution >= 4 is 29.3 Å². The monoisotopic (exact) mass is 350 g/mol. The molecule has 1 aliphatic rings. The third-order valence-electron chi connectivity index (χ3n) is 4.49. The summed E-state index contributed by atoms with van der Waals surface area (Å²) in [6.07, 6.45) is 3.33. The van der Waals surface area contributed by atoms with E-state index >= 15 is 0 Å². The summed E-state index contributed by atoms with van der Waals surface area (Å²) in [4.78, 5) is 0. The third-order valence-corrected chi connectivity index (χ3v) is 5.04. The number of rotatable bonds is 2.